The number of hydrogen-bond acceptors (Lipinski definition) is 5. The van der Waals surface area contributed by atoms with Gasteiger partial charge in [-0.1, -0.05) is 36.4 Å². The van der Waals surface area contributed by atoms with Crippen molar-refractivity contribution in [3.8, 4) is 11.5 Å². The number of ether oxygens (including phenoxy) is 3. The zero-order valence-electron chi connectivity index (χ0n) is 20.1. The van der Waals surface area contributed by atoms with E-state index in [0.717, 1.165) is 66.6 Å². The van der Waals surface area contributed by atoms with Gasteiger partial charge in [0.05, 0.1) is 20.3 Å². The molecule has 4 rings (SSSR count). The van der Waals surface area contributed by atoms with Crippen LogP contribution in [0.2, 0.25) is 0 Å². The third-order valence-corrected chi connectivity index (χ3v) is 5.98. The first-order chi connectivity index (χ1) is 17.2. The number of nitrogens with zero attached hydrogens (tertiary/aromatic N) is 1. The third-order valence-electron chi connectivity index (χ3n) is 5.98. The zero-order chi connectivity index (χ0) is 24.5. The molecule has 0 radical (unpaired) electrons. The molecular weight excluding hydrogens is 438 g/mol. The first-order valence-electron chi connectivity index (χ1n) is 11.8. The van der Waals surface area contributed by atoms with Crippen molar-refractivity contribution in [2.24, 2.45) is 0 Å². The van der Waals surface area contributed by atoms with Crippen LogP contribution >= 0.6 is 0 Å². The van der Waals surface area contributed by atoms with E-state index < -0.39 is 0 Å². The van der Waals surface area contributed by atoms with Crippen LogP contribution in [0.25, 0.3) is 6.08 Å². The second-order valence-electron chi connectivity index (χ2n) is 8.30. The lowest BCUT2D eigenvalue weighted by Crippen LogP contribution is -2.36. The molecule has 0 aromatic heterocycles. The molecule has 0 atom stereocenters. The number of carbonyl (C=O) groups excluding carboxylic acids is 1. The van der Waals surface area contributed by atoms with E-state index in [1.54, 1.807) is 13.2 Å². The van der Waals surface area contributed by atoms with Crippen molar-refractivity contribution in [1.29, 1.82) is 0 Å². The summed E-state index contributed by atoms with van der Waals surface area (Å²) in [5, 5.41) is 0. The summed E-state index contributed by atoms with van der Waals surface area (Å²) in [6.45, 7) is 7.39. The Labute approximate surface area is 207 Å². The highest BCUT2D eigenvalue weighted by molar-refractivity contribution is 6.07. The van der Waals surface area contributed by atoms with Crippen molar-refractivity contribution in [2.75, 3.05) is 38.3 Å². The number of allylic oxidation sites excluding steroid dienone is 2. The summed E-state index contributed by atoms with van der Waals surface area (Å²) in [5.74, 6) is 1.53. The van der Waals surface area contributed by atoms with Gasteiger partial charge in [-0.3, -0.25) is 4.79 Å². The smallest absolute Gasteiger partial charge is 0.185 e. The van der Waals surface area contributed by atoms with Gasteiger partial charge < -0.3 is 19.1 Å². The van der Waals surface area contributed by atoms with E-state index >= 15 is 0 Å². The van der Waals surface area contributed by atoms with Crippen molar-refractivity contribution < 1.29 is 19.0 Å². The molecule has 0 N–H and O–H groups in total. The van der Waals surface area contributed by atoms with Crippen molar-refractivity contribution in [3.63, 3.8) is 0 Å². The lowest BCUT2D eigenvalue weighted by Gasteiger charge is -2.28. The van der Waals surface area contributed by atoms with Crippen LogP contribution < -0.4 is 14.4 Å². The van der Waals surface area contributed by atoms with Gasteiger partial charge in [0, 0.05) is 29.9 Å². The molecule has 180 valence electrons. The molecule has 3 aromatic rings. The third kappa shape index (κ3) is 6.40. The minimum absolute atomic E-state index is 0.0366. The largest absolute Gasteiger partial charge is 0.496 e. The summed E-state index contributed by atoms with van der Waals surface area (Å²) in [7, 11) is 1.64. The molecule has 5 heteroatoms. The number of benzene rings is 3. The Morgan fingerprint density at radius 1 is 1.00 bits per heavy atom. The number of anilines is 1. The molecule has 0 aliphatic carbocycles. The van der Waals surface area contributed by atoms with E-state index in [9.17, 15) is 4.79 Å². The van der Waals surface area contributed by atoms with E-state index in [1.807, 2.05) is 78.9 Å². The quantitative estimate of drug-likeness (QED) is 0.215. The number of carbonyl (C=O) groups is 1. The summed E-state index contributed by atoms with van der Waals surface area (Å²) < 4.78 is 17.0. The monoisotopic (exact) mass is 469 g/mol. The molecule has 3 aromatic carbocycles. The number of morpholine rings is 1. The van der Waals surface area contributed by atoms with Gasteiger partial charge in [0.15, 0.2) is 5.78 Å². The molecule has 0 unspecified atom stereocenters. The summed E-state index contributed by atoms with van der Waals surface area (Å²) in [5.41, 5.74) is 4.67. The van der Waals surface area contributed by atoms with E-state index in [2.05, 4.69) is 11.5 Å². The van der Waals surface area contributed by atoms with Crippen molar-refractivity contribution in [3.05, 3.63) is 108 Å². The molecule has 0 saturated carbocycles. The average molecular weight is 470 g/mol. The predicted molar refractivity (Wildman–Crippen MR) is 141 cm³/mol. The summed E-state index contributed by atoms with van der Waals surface area (Å²) in [4.78, 5) is 15.0. The summed E-state index contributed by atoms with van der Waals surface area (Å²) >= 11 is 0. The van der Waals surface area contributed by atoms with Gasteiger partial charge in [-0.25, -0.2) is 0 Å². The van der Waals surface area contributed by atoms with Gasteiger partial charge in [0.25, 0.3) is 0 Å². The highest BCUT2D eigenvalue weighted by Gasteiger charge is 2.12. The van der Waals surface area contributed by atoms with Crippen molar-refractivity contribution in [2.45, 2.75) is 13.0 Å². The van der Waals surface area contributed by atoms with Crippen LogP contribution in [0.3, 0.4) is 0 Å². The fraction of sp³-hybridized carbons (Fsp3) is 0.233. The minimum atomic E-state index is -0.0366. The van der Waals surface area contributed by atoms with Gasteiger partial charge >= 0.3 is 0 Å². The predicted octanol–water partition coefficient (Wildman–Crippen LogP) is 5.74. The van der Waals surface area contributed by atoms with E-state index in [0.29, 0.717) is 12.2 Å². The van der Waals surface area contributed by atoms with Crippen LogP contribution in [-0.4, -0.2) is 39.2 Å². The summed E-state index contributed by atoms with van der Waals surface area (Å²) in [6, 6.07) is 21.5. The second-order valence-corrected chi connectivity index (χ2v) is 8.30. The fourth-order valence-electron chi connectivity index (χ4n) is 4.07. The van der Waals surface area contributed by atoms with Gasteiger partial charge in [-0.05, 0) is 66.1 Å². The van der Waals surface area contributed by atoms with Gasteiger partial charge in [0.2, 0.25) is 0 Å². The number of para-hydroxylation sites is 1. The van der Waals surface area contributed by atoms with E-state index in [1.165, 1.54) is 0 Å². The Hall–Kier alpha value is -3.83. The maximum absolute atomic E-state index is 12.7. The average Bonchev–Trinajstić information content (AvgIpc) is 2.92. The Morgan fingerprint density at radius 2 is 1.77 bits per heavy atom. The maximum Gasteiger partial charge on any atom is 0.185 e. The lowest BCUT2D eigenvalue weighted by atomic mass is 10.1. The highest BCUT2D eigenvalue weighted by atomic mass is 16.5. The van der Waals surface area contributed by atoms with Crippen LogP contribution in [0.15, 0.2) is 85.5 Å². The molecular formula is C30H31NO4. The summed E-state index contributed by atoms with van der Waals surface area (Å²) in [6.07, 6.45) is 6.04. The standard InChI is InChI=1S/C30H31NO4/c1-3-6-25-7-4-5-8-30(25)35-22-26-21-23(10-16-29(26)33-2)9-15-28(32)24-11-13-27(14-12-24)31-17-19-34-20-18-31/h3-5,7-16,21H,1,6,17-20,22H2,2H3/b15-9+. The van der Waals surface area contributed by atoms with Crippen LogP contribution in [-0.2, 0) is 17.8 Å². The molecule has 1 heterocycles. The van der Waals surface area contributed by atoms with Gasteiger partial charge in [-0.2, -0.15) is 0 Å². The van der Waals surface area contributed by atoms with Gasteiger partial charge in [0.1, 0.15) is 18.1 Å². The topological polar surface area (TPSA) is 48.0 Å². The van der Waals surface area contributed by atoms with E-state index in [4.69, 9.17) is 14.2 Å². The minimum Gasteiger partial charge on any atom is -0.496 e. The molecule has 0 bridgehead atoms. The van der Waals surface area contributed by atoms with Gasteiger partial charge in [-0.15, -0.1) is 6.58 Å². The first-order valence-corrected chi connectivity index (χ1v) is 11.8. The van der Waals surface area contributed by atoms with Crippen LogP contribution in [0.5, 0.6) is 11.5 Å². The Kier molecular flexibility index (Phi) is 8.36. The van der Waals surface area contributed by atoms with E-state index in [-0.39, 0.29) is 5.78 Å². The number of hydrogen-bond donors (Lipinski definition) is 0. The number of methoxy groups -OCH3 is 1. The molecule has 5 nitrogen and oxygen atoms in total. The normalized spacial score (nSPS) is 13.6. The molecule has 0 amide bonds. The SMILES string of the molecule is C=CCc1ccccc1OCc1cc(/C=C/C(=O)c2ccc(N3CCOCC3)cc2)ccc1OC. The molecule has 1 aliphatic rings. The first kappa shape index (κ1) is 24.3. The Bertz CT molecular complexity index is 1180. The molecule has 0 spiro atoms. The lowest BCUT2D eigenvalue weighted by molar-refractivity contribution is 0.104. The Balaban J connectivity index is 1.43. The second kappa shape index (κ2) is 12.0. The Morgan fingerprint density at radius 3 is 2.51 bits per heavy atom. The maximum atomic E-state index is 12.7. The van der Waals surface area contributed by atoms with Crippen LogP contribution in [0.1, 0.15) is 27.0 Å². The van der Waals surface area contributed by atoms with Crippen molar-refractivity contribution in [1.82, 2.24) is 0 Å². The molecule has 1 aliphatic heterocycles. The highest BCUT2D eigenvalue weighted by Crippen LogP contribution is 2.25. The van der Waals surface area contributed by atoms with Crippen LogP contribution in [0, 0.1) is 0 Å². The van der Waals surface area contributed by atoms with Crippen LogP contribution in [0.4, 0.5) is 5.69 Å². The zero-order valence-corrected chi connectivity index (χ0v) is 20.1. The molecule has 35 heavy (non-hydrogen) atoms. The molecule has 1 fully saturated rings. The number of ketones is 1. The van der Waals surface area contributed by atoms with Crippen molar-refractivity contribution >= 4 is 17.5 Å². The number of rotatable bonds is 10. The fourth-order valence-corrected chi connectivity index (χ4v) is 4.07. The molecule has 1 saturated heterocycles.